The molecule has 27 heavy (non-hydrogen) atoms. The molecule has 3 aromatic rings. The molecule has 0 saturated heterocycles. The monoisotopic (exact) mass is 360 g/mol. The van der Waals surface area contributed by atoms with Gasteiger partial charge in [0.1, 0.15) is 5.82 Å². The molecule has 2 aromatic heterocycles. The van der Waals surface area contributed by atoms with E-state index in [1.807, 2.05) is 6.20 Å². The van der Waals surface area contributed by atoms with Gasteiger partial charge >= 0.3 is 0 Å². The first-order chi connectivity index (χ1) is 13.2. The van der Waals surface area contributed by atoms with Crippen LogP contribution in [0.5, 0.6) is 0 Å². The number of aromatic nitrogens is 3. The summed E-state index contributed by atoms with van der Waals surface area (Å²) in [5, 5.41) is 0. The predicted molar refractivity (Wildman–Crippen MR) is 109 cm³/mol. The van der Waals surface area contributed by atoms with Crippen LogP contribution in [0.15, 0.2) is 42.6 Å². The van der Waals surface area contributed by atoms with Crippen LogP contribution in [0.25, 0.3) is 5.69 Å². The van der Waals surface area contributed by atoms with E-state index in [-0.39, 0.29) is 0 Å². The Balaban J connectivity index is 1.52. The van der Waals surface area contributed by atoms with Crippen LogP contribution < -0.4 is 0 Å². The highest BCUT2D eigenvalue weighted by Crippen LogP contribution is 2.24. The van der Waals surface area contributed by atoms with E-state index in [0.717, 1.165) is 44.7 Å². The molecule has 0 bridgehead atoms. The molecular formula is C23H28N4. The van der Waals surface area contributed by atoms with Crippen LogP contribution in [0.1, 0.15) is 47.4 Å². The van der Waals surface area contributed by atoms with Crippen LogP contribution in [0.4, 0.5) is 0 Å². The van der Waals surface area contributed by atoms with E-state index in [1.54, 1.807) is 0 Å². The summed E-state index contributed by atoms with van der Waals surface area (Å²) in [5.74, 6) is 0.996. The van der Waals surface area contributed by atoms with E-state index < -0.39 is 0 Å². The van der Waals surface area contributed by atoms with Gasteiger partial charge in [0.05, 0.1) is 0 Å². The first-order valence-electron chi connectivity index (χ1n) is 9.95. The molecule has 0 saturated carbocycles. The molecule has 1 aliphatic rings. The average molecular weight is 361 g/mol. The van der Waals surface area contributed by atoms with Crippen molar-refractivity contribution in [2.24, 2.45) is 0 Å². The molecule has 0 aliphatic carbocycles. The lowest BCUT2D eigenvalue weighted by Gasteiger charge is -2.28. The fourth-order valence-electron chi connectivity index (χ4n) is 4.10. The van der Waals surface area contributed by atoms with Gasteiger partial charge in [-0.25, -0.2) is 9.97 Å². The second-order valence-electron chi connectivity index (χ2n) is 7.54. The summed E-state index contributed by atoms with van der Waals surface area (Å²) in [7, 11) is 0. The van der Waals surface area contributed by atoms with Gasteiger partial charge in [0, 0.05) is 67.0 Å². The van der Waals surface area contributed by atoms with Crippen molar-refractivity contribution >= 4 is 0 Å². The summed E-state index contributed by atoms with van der Waals surface area (Å²) in [5.41, 5.74) is 7.80. The lowest BCUT2D eigenvalue weighted by atomic mass is 10.1. The van der Waals surface area contributed by atoms with Crippen molar-refractivity contribution in [3.63, 3.8) is 0 Å². The molecule has 0 fully saturated rings. The first-order valence-corrected chi connectivity index (χ1v) is 9.95. The molecule has 0 radical (unpaired) electrons. The van der Waals surface area contributed by atoms with E-state index in [0.29, 0.717) is 0 Å². The number of para-hydroxylation sites is 1. The smallest absolute Gasteiger partial charge is 0.128 e. The zero-order valence-corrected chi connectivity index (χ0v) is 16.6. The summed E-state index contributed by atoms with van der Waals surface area (Å²) < 4.78 is 2.35. The highest BCUT2D eigenvalue weighted by molar-refractivity contribution is 5.41. The van der Waals surface area contributed by atoms with Gasteiger partial charge in [0.2, 0.25) is 0 Å². The number of benzene rings is 1. The molecule has 0 spiro atoms. The molecule has 4 rings (SSSR count). The lowest BCUT2D eigenvalue weighted by molar-refractivity contribution is 0.242. The Bertz CT molecular complexity index is 927. The van der Waals surface area contributed by atoms with Crippen LogP contribution in [-0.2, 0) is 25.9 Å². The molecule has 1 aromatic carbocycles. The topological polar surface area (TPSA) is 34.0 Å². The van der Waals surface area contributed by atoms with E-state index in [1.165, 1.54) is 33.9 Å². The van der Waals surface area contributed by atoms with Gasteiger partial charge < -0.3 is 4.57 Å². The van der Waals surface area contributed by atoms with E-state index in [2.05, 4.69) is 71.6 Å². The van der Waals surface area contributed by atoms with E-state index in [9.17, 15) is 0 Å². The molecule has 140 valence electrons. The van der Waals surface area contributed by atoms with E-state index >= 15 is 0 Å². The first kappa shape index (κ1) is 17.9. The third kappa shape index (κ3) is 3.67. The van der Waals surface area contributed by atoms with Crippen molar-refractivity contribution in [3.8, 4) is 5.69 Å². The lowest BCUT2D eigenvalue weighted by Crippen LogP contribution is -2.31. The van der Waals surface area contributed by atoms with Crippen LogP contribution >= 0.6 is 0 Å². The molecule has 4 heteroatoms. The Kier molecular flexibility index (Phi) is 5.08. The number of nitrogens with zero attached hydrogens (tertiary/aromatic N) is 4. The zero-order valence-electron chi connectivity index (χ0n) is 16.6. The van der Waals surface area contributed by atoms with Gasteiger partial charge in [-0.2, -0.15) is 0 Å². The summed E-state index contributed by atoms with van der Waals surface area (Å²) >= 11 is 0. The molecule has 4 nitrogen and oxygen atoms in total. The Labute approximate surface area is 161 Å². The predicted octanol–water partition coefficient (Wildman–Crippen LogP) is 4.39. The largest absolute Gasteiger partial charge is 0.318 e. The number of hydrogen-bond acceptors (Lipinski definition) is 3. The zero-order chi connectivity index (χ0) is 18.8. The normalized spacial score (nSPS) is 14.3. The Morgan fingerprint density at radius 2 is 1.93 bits per heavy atom. The fourth-order valence-corrected chi connectivity index (χ4v) is 4.10. The summed E-state index contributed by atoms with van der Waals surface area (Å²) in [6.07, 6.45) is 5.14. The molecule has 0 amide bonds. The highest BCUT2D eigenvalue weighted by atomic mass is 15.1. The van der Waals surface area contributed by atoms with Crippen LogP contribution in [0, 0.1) is 13.8 Å². The van der Waals surface area contributed by atoms with Gasteiger partial charge in [0.25, 0.3) is 0 Å². The van der Waals surface area contributed by atoms with Gasteiger partial charge in [-0.1, -0.05) is 25.1 Å². The SMILES string of the molecule is CCCc1ncc2c(n1)CCN(Cc1cc(C)n(-c3ccccc3)c1C)C2. The molecule has 0 N–H and O–H groups in total. The summed E-state index contributed by atoms with van der Waals surface area (Å²) in [6.45, 7) is 9.58. The second-order valence-corrected chi connectivity index (χ2v) is 7.54. The maximum atomic E-state index is 4.78. The van der Waals surface area contributed by atoms with Gasteiger partial charge in [-0.3, -0.25) is 4.90 Å². The summed E-state index contributed by atoms with van der Waals surface area (Å²) in [4.78, 5) is 11.9. The van der Waals surface area contributed by atoms with E-state index in [4.69, 9.17) is 4.98 Å². The number of fused-ring (bicyclic) bond motifs is 1. The quantitative estimate of drug-likeness (QED) is 0.676. The van der Waals surface area contributed by atoms with Gasteiger partial charge in [-0.05, 0) is 44.0 Å². The number of aryl methyl sites for hydroxylation is 2. The van der Waals surface area contributed by atoms with Crippen LogP contribution in [0.3, 0.4) is 0 Å². The Morgan fingerprint density at radius 1 is 1.11 bits per heavy atom. The van der Waals surface area contributed by atoms with Crippen molar-refractivity contribution in [2.45, 2.75) is 53.1 Å². The number of hydrogen-bond donors (Lipinski definition) is 0. The minimum absolute atomic E-state index is 0.941. The maximum absolute atomic E-state index is 4.78. The molecule has 0 unspecified atom stereocenters. The molecule has 1 aliphatic heterocycles. The number of rotatable bonds is 5. The molecular weight excluding hydrogens is 332 g/mol. The van der Waals surface area contributed by atoms with Gasteiger partial charge in [0.15, 0.2) is 0 Å². The van der Waals surface area contributed by atoms with Crippen LogP contribution in [0.2, 0.25) is 0 Å². The minimum Gasteiger partial charge on any atom is -0.318 e. The minimum atomic E-state index is 0.941. The molecule has 0 atom stereocenters. The highest BCUT2D eigenvalue weighted by Gasteiger charge is 2.20. The maximum Gasteiger partial charge on any atom is 0.128 e. The Hall–Kier alpha value is -2.46. The van der Waals surface area contributed by atoms with Gasteiger partial charge in [-0.15, -0.1) is 0 Å². The van der Waals surface area contributed by atoms with Crippen molar-refractivity contribution < 1.29 is 0 Å². The molecule has 3 heterocycles. The van der Waals surface area contributed by atoms with Crippen molar-refractivity contribution in [3.05, 3.63) is 76.6 Å². The summed E-state index contributed by atoms with van der Waals surface area (Å²) in [6, 6.07) is 12.9. The second kappa shape index (κ2) is 7.65. The van der Waals surface area contributed by atoms with Crippen LogP contribution in [-0.4, -0.2) is 26.0 Å². The van der Waals surface area contributed by atoms with Crippen molar-refractivity contribution in [2.75, 3.05) is 6.54 Å². The average Bonchev–Trinajstić information content (AvgIpc) is 2.96. The van der Waals surface area contributed by atoms with Crippen molar-refractivity contribution in [1.29, 1.82) is 0 Å². The fraction of sp³-hybridized carbons (Fsp3) is 0.391. The third-order valence-electron chi connectivity index (χ3n) is 5.48. The Morgan fingerprint density at radius 3 is 2.70 bits per heavy atom. The third-order valence-corrected chi connectivity index (χ3v) is 5.48. The van der Waals surface area contributed by atoms with Crippen molar-refractivity contribution in [1.82, 2.24) is 19.4 Å². The standard InChI is InChI=1S/C23H28N4/c1-4-8-23-24-14-20-16-26(12-11-22(20)25-23)15-19-13-17(2)27(18(19)3)21-9-6-5-7-10-21/h5-7,9-10,13-14H,4,8,11-12,15-16H2,1-3H3.